The molecular weight excluding hydrogens is 295 g/mol. The number of hydrogen-bond donors (Lipinski definition) is 2. The van der Waals surface area contributed by atoms with E-state index in [4.69, 9.17) is 27.8 Å². The number of rotatable bonds is 4. The third-order valence-electron chi connectivity index (χ3n) is 3.49. The maximum absolute atomic E-state index is 14.2. The van der Waals surface area contributed by atoms with E-state index in [0.717, 1.165) is 0 Å². The van der Waals surface area contributed by atoms with Gasteiger partial charge in [-0.15, -0.1) is 0 Å². The van der Waals surface area contributed by atoms with Crippen LogP contribution in [0.25, 0.3) is 0 Å². The van der Waals surface area contributed by atoms with E-state index in [9.17, 15) is 4.39 Å². The highest BCUT2D eigenvalue weighted by Crippen LogP contribution is 2.31. The van der Waals surface area contributed by atoms with Crippen molar-refractivity contribution in [2.24, 2.45) is 16.5 Å². The maximum Gasteiger partial charge on any atom is 0.185 e. The number of aliphatic imine (C=N–C) groups is 1. The monoisotopic (exact) mass is 314 g/mol. The largest absolute Gasteiger partial charge is 0.376 e. The van der Waals surface area contributed by atoms with Crippen LogP contribution in [0.1, 0.15) is 18.5 Å². The smallest absolute Gasteiger partial charge is 0.185 e. The summed E-state index contributed by atoms with van der Waals surface area (Å²) in [6.45, 7) is 4.18. The summed E-state index contributed by atoms with van der Waals surface area (Å²) in [7, 11) is 0. The molecule has 1 aliphatic rings. The van der Waals surface area contributed by atoms with E-state index < -0.39 is 0 Å². The number of nitrogens with zero attached hydrogens (tertiary/aromatic N) is 2. The van der Waals surface area contributed by atoms with Crippen LogP contribution in [-0.4, -0.2) is 43.2 Å². The van der Waals surface area contributed by atoms with E-state index in [0.29, 0.717) is 30.3 Å². The summed E-state index contributed by atoms with van der Waals surface area (Å²) in [5.74, 6) is -0.369. The molecule has 0 spiro atoms. The topological polar surface area (TPSA) is 76.9 Å². The van der Waals surface area contributed by atoms with Gasteiger partial charge >= 0.3 is 0 Å². The van der Waals surface area contributed by atoms with Crippen LogP contribution in [0.2, 0.25) is 5.02 Å². The fraction of sp³-hybridized carbons (Fsp3) is 0.500. The molecule has 21 heavy (non-hydrogen) atoms. The van der Waals surface area contributed by atoms with Crippen molar-refractivity contribution in [3.05, 3.63) is 34.6 Å². The van der Waals surface area contributed by atoms with Gasteiger partial charge in [0.15, 0.2) is 5.96 Å². The van der Waals surface area contributed by atoms with Crippen molar-refractivity contribution < 1.29 is 9.13 Å². The van der Waals surface area contributed by atoms with Crippen LogP contribution in [-0.2, 0) is 4.74 Å². The fourth-order valence-electron chi connectivity index (χ4n) is 2.54. The molecule has 1 aliphatic heterocycles. The fourth-order valence-corrected chi connectivity index (χ4v) is 2.83. The van der Waals surface area contributed by atoms with Crippen LogP contribution in [0, 0.1) is 5.82 Å². The minimum absolute atomic E-state index is 0.0197. The first-order valence-corrected chi connectivity index (χ1v) is 7.21. The van der Waals surface area contributed by atoms with Gasteiger partial charge in [-0.2, -0.15) is 0 Å². The molecule has 0 saturated carbocycles. The number of morpholine rings is 1. The molecule has 2 unspecified atom stereocenters. The minimum atomic E-state index is -0.350. The van der Waals surface area contributed by atoms with Gasteiger partial charge in [-0.3, -0.25) is 9.89 Å². The third kappa shape index (κ3) is 4.06. The van der Waals surface area contributed by atoms with Crippen LogP contribution >= 0.6 is 11.6 Å². The number of halogens is 2. The summed E-state index contributed by atoms with van der Waals surface area (Å²) in [4.78, 5) is 6.15. The molecule has 1 aromatic rings. The number of nitrogens with two attached hydrogens (primary N) is 2. The zero-order chi connectivity index (χ0) is 15.4. The van der Waals surface area contributed by atoms with Crippen molar-refractivity contribution in [1.29, 1.82) is 0 Å². The molecule has 5 nitrogen and oxygen atoms in total. The lowest BCUT2D eigenvalue weighted by molar-refractivity contribution is -0.0336. The minimum Gasteiger partial charge on any atom is -0.376 e. The SMILES string of the molecule is CC1CN(C(CN=C(N)N)c2c(F)cccc2Cl)CCO1. The third-order valence-corrected chi connectivity index (χ3v) is 3.82. The Morgan fingerprint density at radius 2 is 2.33 bits per heavy atom. The molecule has 2 atom stereocenters. The Hall–Kier alpha value is -1.37. The zero-order valence-corrected chi connectivity index (χ0v) is 12.7. The maximum atomic E-state index is 14.2. The van der Waals surface area contributed by atoms with Crippen molar-refractivity contribution >= 4 is 17.6 Å². The molecule has 2 rings (SSSR count). The molecule has 1 saturated heterocycles. The molecule has 7 heteroatoms. The number of hydrogen-bond acceptors (Lipinski definition) is 3. The summed E-state index contributed by atoms with van der Waals surface area (Å²) in [5.41, 5.74) is 11.2. The van der Waals surface area contributed by atoms with Gasteiger partial charge in [-0.05, 0) is 19.1 Å². The molecule has 1 fully saturated rings. The van der Waals surface area contributed by atoms with Crippen LogP contribution < -0.4 is 11.5 Å². The lowest BCUT2D eigenvalue weighted by atomic mass is 10.0. The summed E-state index contributed by atoms with van der Waals surface area (Å²) in [5, 5.41) is 0.380. The highest BCUT2D eigenvalue weighted by Gasteiger charge is 2.29. The molecule has 1 heterocycles. The van der Waals surface area contributed by atoms with Gasteiger partial charge in [0.05, 0.1) is 25.3 Å². The predicted octanol–water partition coefficient (Wildman–Crippen LogP) is 1.51. The van der Waals surface area contributed by atoms with Gasteiger partial charge in [0.25, 0.3) is 0 Å². The molecule has 0 bridgehead atoms. The second-order valence-electron chi connectivity index (χ2n) is 5.09. The highest BCUT2D eigenvalue weighted by molar-refractivity contribution is 6.31. The Balaban J connectivity index is 2.33. The molecule has 0 aliphatic carbocycles. The standard InChI is InChI=1S/C14H20ClFN4O/c1-9-8-20(5-6-21-9)12(7-19-14(17)18)13-10(15)3-2-4-11(13)16/h2-4,9,12H,5-8H2,1H3,(H4,17,18,19). The van der Waals surface area contributed by atoms with Gasteiger partial charge in [-0.25, -0.2) is 4.39 Å². The van der Waals surface area contributed by atoms with Gasteiger partial charge in [-0.1, -0.05) is 17.7 Å². The summed E-state index contributed by atoms with van der Waals surface area (Å²) < 4.78 is 19.8. The number of benzene rings is 1. The van der Waals surface area contributed by atoms with E-state index in [1.165, 1.54) is 6.07 Å². The molecular formula is C14H20ClFN4O. The zero-order valence-electron chi connectivity index (χ0n) is 11.9. The van der Waals surface area contributed by atoms with Gasteiger partial charge in [0.1, 0.15) is 5.82 Å². The quantitative estimate of drug-likeness (QED) is 0.652. The van der Waals surface area contributed by atoms with Crippen LogP contribution in [0.15, 0.2) is 23.2 Å². The Morgan fingerprint density at radius 3 is 2.95 bits per heavy atom. The van der Waals surface area contributed by atoms with Crippen LogP contribution in [0.4, 0.5) is 4.39 Å². The second kappa shape index (κ2) is 7.06. The predicted molar refractivity (Wildman–Crippen MR) is 81.8 cm³/mol. The molecule has 1 aromatic carbocycles. The average molecular weight is 315 g/mol. The number of guanidine groups is 1. The Bertz CT molecular complexity index is 501. The summed E-state index contributed by atoms with van der Waals surface area (Å²) in [6, 6.07) is 4.34. The van der Waals surface area contributed by atoms with Gasteiger partial charge in [0.2, 0.25) is 0 Å². The first-order chi connectivity index (χ1) is 9.99. The lowest BCUT2D eigenvalue weighted by Gasteiger charge is -2.37. The van der Waals surface area contributed by atoms with Crippen molar-refractivity contribution in [2.45, 2.75) is 19.1 Å². The van der Waals surface area contributed by atoms with E-state index in [1.807, 2.05) is 6.92 Å². The molecule has 0 radical (unpaired) electrons. The van der Waals surface area contributed by atoms with E-state index >= 15 is 0 Å². The first kappa shape index (κ1) is 16.0. The van der Waals surface area contributed by atoms with Crippen molar-refractivity contribution in [3.63, 3.8) is 0 Å². The normalized spacial score (nSPS) is 21.0. The Labute approximate surface area is 128 Å². The van der Waals surface area contributed by atoms with Crippen molar-refractivity contribution in [3.8, 4) is 0 Å². The van der Waals surface area contributed by atoms with E-state index in [-0.39, 0.29) is 30.5 Å². The Morgan fingerprint density at radius 1 is 1.57 bits per heavy atom. The van der Waals surface area contributed by atoms with Gasteiger partial charge in [0, 0.05) is 23.7 Å². The van der Waals surface area contributed by atoms with Crippen LogP contribution in [0.5, 0.6) is 0 Å². The molecule has 0 aromatic heterocycles. The van der Waals surface area contributed by atoms with E-state index in [2.05, 4.69) is 9.89 Å². The second-order valence-corrected chi connectivity index (χ2v) is 5.50. The first-order valence-electron chi connectivity index (χ1n) is 6.84. The van der Waals surface area contributed by atoms with Crippen LogP contribution in [0.3, 0.4) is 0 Å². The molecule has 4 N–H and O–H groups in total. The molecule has 0 amide bonds. The van der Waals surface area contributed by atoms with E-state index in [1.54, 1.807) is 12.1 Å². The highest BCUT2D eigenvalue weighted by atomic mass is 35.5. The lowest BCUT2D eigenvalue weighted by Crippen LogP contribution is -2.44. The van der Waals surface area contributed by atoms with Gasteiger partial charge < -0.3 is 16.2 Å². The van der Waals surface area contributed by atoms with Crippen molar-refractivity contribution in [2.75, 3.05) is 26.2 Å². The number of ether oxygens (including phenoxy) is 1. The molecule has 116 valence electrons. The summed E-state index contributed by atoms with van der Waals surface area (Å²) >= 11 is 6.19. The van der Waals surface area contributed by atoms with Crippen molar-refractivity contribution in [1.82, 2.24) is 4.90 Å². The average Bonchev–Trinajstić information content (AvgIpc) is 2.41. The summed E-state index contributed by atoms with van der Waals surface area (Å²) in [6.07, 6.45) is 0.0750. The Kier molecular flexibility index (Phi) is 5.39.